The summed E-state index contributed by atoms with van der Waals surface area (Å²) in [6, 6.07) is 8.75. The van der Waals surface area contributed by atoms with Crippen LogP contribution in [-0.2, 0) is 6.42 Å². The van der Waals surface area contributed by atoms with Crippen molar-refractivity contribution >= 4 is 34.2 Å². The van der Waals surface area contributed by atoms with Gasteiger partial charge >= 0.3 is 0 Å². The van der Waals surface area contributed by atoms with Gasteiger partial charge in [-0.05, 0) is 65.0 Å². The topological polar surface area (TPSA) is 0 Å². The molecule has 0 bridgehead atoms. The highest BCUT2D eigenvalue weighted by Gasteiger charge is 2.21. The van der Waals surface area contributed by atoms with E-state index in [2.05, 4.69) is 67.6 Å². The molecule has 0 saturated carbocycles. The molecule has 0 aromatic heterocycles. The van der Waals surface area contributed by atoms with Gasteiger partial charge in [-0.3, -0.25) is 0 Å². The van der Waals surface area contributed by atoms with E-state index in [0.717, 1.165) is 12.8 Å². The lowest BCUT2D eigenvalue weighted by atomic mass is 9.88. The summed E-state index contributed by atoms with van der Waals surface area (Å²) < 4.78 is 1.30. The van der Waals surface area contributed by atoms with E-state index < -0.39 is 0 Å². The predicted molar refractivity (Wildman–Crippen MR) is 81.2 cm³/mol. The maximum Gasteiger partial charge on any atom is 0.0384 e. The summed E-state index contributed by atoms with van der Waals surface area (Å²) in [5.74, 6) is 0. The third kappa shape index (κ3) is 5.05. The van der Waals surface area contributed by atoms with Crippen LogP contribution in [0, 0.1) is 8.99 Å². The van der Waals surface area contributed by atoms with Gasteiger partial charge in [-0.1, -0.05) is 32.9 Å². The van der Waals surface area contributed by atoms with E-state index >= 15 is 0 Å². The zero-order valence-electron chi connectivity index (χ0n) is 10.3. The van der Waals surface area contributed by atoms with E-state index in [9.17, 15) is 0 Å². The highest BCUT2D eigenvalue weighted by Crippen LogP contribution is 2.28. The Labute approximate surface area is 118 Å². The minimum Gasteiger partial charge on any atom is -0.122 e. The van der Waals surface area contributed by atoms with Crippen molar-refractivity contribution in [1.29, 1.82) is 0 Å². The zero-order valence-corrected chi connectivity index (χ0v) is 13.2. The number of benzene rings is 1. The van der Waals surface area contributed by atoms with Crippen LogP contribution in [0.25, 0.3) is 0 Å². The molecule has 0 aliphatic heterocycles. The molecule has 0 aliphatic carbocycles. The first kappa shape index (κ1) is 14.3. The number of halogens is 2. The molecule has 0 saturated heterocycles. The molecule has 0 heterocycles. The van der Waals surface area contributed by atoms with E-state index in [0.29, 0.717) is 0 Å². The lowest BCUT2D eigenvalue weighted by Crippen LogP contribution is -2.20. The van der Waals surface area contributed by atoms with E-state index in [1.165, 1.54) is 15.6 Å². The van der Waals surface area contributed by atoms with Gasteiger partial charge in [-0.15, -0.1) is 11.6 Å². The Bertz CT molecular complexity index is 311. The molecular formula is C14H20ClI. The van der Waals surface area contributed by atoms with Gasteiger partial charge in [0.15, 0.2) is 0 Å². The van der Waals surface area contributed by atoms with Crippen LogP contribution in [-0.4, -0.2) is 5.38 Å². The molecule has 16 heavy (non-hydrogen) atoms. The number of hydrogen-bond acceptors (Lipinski definition) is 0. The summed E-state index contributed by atoms with van der Waals surface area (Å²) in [5.41, 5.74) is 1.63. The summed E-state index contributed by atoms with van der Waals surface area (Å²) in [5, 5.41) is 0.274. The second-order valence-corrected chi connectivity index (χ2v) is 7.12. The standard InChI is InChI=1S/C14H20ClI/c1-14(2,3)13(15)6-4-5-11-7-9-12(16)10-8-11/h7-10,13H,4-6H2,1-3H3. The monoisotopic (exact) mass is 350 g/mol. The Balaban J connectivity index is 2.33. The molecule has 0 amide bonds. The highest BCUT2D eigenvalue weighted by molar-refractivity contribution is 14.1. The molecule has 0 N–H and O–H groups in total. The van der Waals surface area contributed by atoms with E-state index in [4.69, 9.17) is 11.6 Å². The molecule has 1 atom stereocenters. The van der Waals surface area contributed by atoms with Crippen LogP contribution in [0.15, 0.2) is 24.3 Å². The van der Waals surface area contributed by atoms with Crippen LogP contribution in [0.2, 0.25) is 0 Å². The van der Waals surface area contributed by atoms with Crippen molar-refractivity contribution in [3.8, 4) is 0 Å². The normalized spacial score (nSPS) is 13.8. The fourth-order valence-corrected chi connectivity index (χ4v) is 2.08. The van der Waals surface area contributed by atoms with Gasteiger partial charge in [0.05, 0.1) is 0 Å². The van der Waals surface area contributed by atoms with Crippen molar-refractivity contribution in [2.24, 2.45) is 5.41 Å². The molecular weight excluding hydrogens is 331 g/mol. The first-order chi connectivity index (χ1) is 7.39. The molecule has 1 unspecified atom stereocenters. The number of hydrogen-bond donors (Lipinski definition) is 0. The summed E-state index contributed by atoms with van der Waals surface area (Å²) in [4.78, 5) is 0. The highest BCUT2D eigenvalue weighted by atomic mass is 127. The maximum absolute atomic E-state index is 6.35. The lowest BCUT2D eigenvalue weighted by Gasteiger charge is -2.24. The van der Waals surface area contributed by atoms with Crippen LogP contribution < -0.4 is 0 Å². The molecule has 0 aliphatic rings. The van der Waals surface area contributed by atoms with Gasteiger partial charge in [0.1, 0.15) is 0 Å². The molecule has 2 heteroatoms. The Kier molecular flexibility index (Phi) is 5.58. The SMILES string of the molecule is CC(C)(C)C(Cl)CCCc1ccc(I)cc1. The quantitative estimate of drug-likeness (QED) is 0.513. The molecule has 90 valence electrons. The molecule has 1 aromatic rings. The van der Waals surface area contributed by atoms with Gasteiger partial charge in [0.2, 0.25) is 0 Å². The van der Waals surface area contributed by atoms with Gasteiger partial charge in [-0.2, -0.15) is 0 Å². The van der Waals surface area contributed by atoms with Crippen LogP contribution in [0.3, 0.4) is 0 Å². The smallest absolute Gasteiger partial charge is 0.0384 e. The number of rotatable bonds is 4. The van der Waals surface area contributed by atoms with Crippen molar-refractivity contribution in [3.05, 3.63) is 33.4 Å². The van der Waals surface area contributed by atoms with E-state index in [1.54, 1.807) is 0 Å². The third-order valence-corrected chi connectivity index (χ3v) is 4.37. The number of alkyl halides is 1. The second-order valence-electron chi connectivity index (χ2n) is 5.35. The van der Waals surface area contributed by atoms with Crippen molar-refractivity contribution in [2.75, 3.05) is 0 Å². The van der Waals surface area contributed by atoms with Crippen LogP contribution in [0.5, 0.6) is 0 Å². The Morgan fingerprint density at radius 2 is 1.75 bits per heavy atom. The first-order valence-corrected chi connectivity index (χ1v) is 7.29. The molecule has 0 fully saturated rings. The van der Waals surface area contributed by atoms with Gasteiger partial charge in [0.25, 0.3) is 0 Å². The minimum absolute atomic E-state index is 0.216. The summed E-state index contributed by atoms with van der Waals surface area (Å²) in [6.07, 6.45) is 3.40. The molecule has 0 spiro atoms. The third-order valence-electron chi connectivity index (χ3n) is 2.78. The molecule has 0 radical (unpaired) electrons. The van der Waals surface area contributed by atoms with Crippen LogP contribution in [0.4, 0.5) is 0 Å². The average molecular weight is 351 g/mol. The van der Waals surface area contributed by atoms with E-state index in [1.807, 2.05) is 0 Å². The van der Waals surface area contributed by atoms with Gasteiger partial charge in [0, 0.05) is 8.95 Å². The molecule has 0 nitrogen and oxygen atoms in total. The minimum atomic E-state index is 0.216. The van der Waals surface area contributed by atoms with Crippen molar-refractivity contribution in [2.45, 2.75) is 45.4 Å². The van der Waals surface area contributed by atoms with Crippen LogP contribution >= 0.6 is 34.2 Å². The lowest BCUT2D eigenvalue weighted by molar-refractivity contribution is 0.369. The second kappa shape index (κ2) is 6.25. The average Bonchev–Trinajstić information content (AvgIpc) is 2.19. The van der Waals surface area contributed by atoms with Crippen LogP contribution in [0.1, 0.15) is 39.2 Å². The summed E-state index contributed by atoms with van der Waals surface area (Å²) in [7, 11) is 0. The Hall–Kier alpha value is 0.240. The summed E-state index contributed by atoms with van der Waals surface area (Å²) >= 11 is 8.68. The molecule has 1 rings (SSSR count). The zero-order chi connectivity index (χ0) is 12.2. The van der Waals surface area contributed by atoms with Crippen molar-refractivity contribution in [1.82, 2.24) is 0 Å². The Morgan fingerprint density at radius 3 is 2.25 bits per heavy atom. The van der Waals surface area contributed by atoms with Crippen molar-refractivity contribution < 1.29 is 0 Å². The fraction of sp³-hybridized carbons (Fsp3) is 0.571. The Morgan fingerprint density at radius 1 is 1.19 bits per heavy atom. The fourth-order valence-electron chi connectivity index (χ4n) is 1.57. The van der Waals surface area contributed by atoms with Gasteiger partial charge in [-0.25, -0.2) is 0 Å². The maximum atomic E-state index is 6.35. The van der Waals surface area contributed by atoms with E-state index in [-0.39, 0.29) is 10.8 Å². The number of aryl methyl sites for hydroxylation is 1. The van der Waals surface area contributed by atoms with Gasteiger partial charge < -0.3 is 0 Å². The summed E-state index contributed by atoms with van der Waals surface area (Å²) in [6.45, 7) is 6.61. The first-order valence-electron chi connectivity index (χ1n) is 5.78. The largest absolute Gasteiger partial charge is 0.122 e. The van der Waals surface area contributed by atoms with Crippen molar-refractivity contribution in [3.63, 3.8) is 0 Å². The molecule has 1 aromatic carbocycles. The predicted octanol–water partition coefficient (Wildman–Crippen LogP) is 5.27.